The predicted octanol–water partition coefficient (Wildman–Crippen LogP) is 12.3. The molecule has 0 aliphatic heterocycles. The van der Waals surface area contributed by atoms with E-state index in [9.17, 15) is 0 Å². The quantitative estimate of drug-likeness (QED) is 0.107. The highest BCUT2D eigenvalue weighted by molar-refractivity contribution is 7.19. The van der Waals surface area contributed by atoms with Gasteiger partial charge >= 0.3 is 0 Å². The second-order valence-corrected chi connectivity index (χ2v) is 21.8. The van der Waals surface area contributed by atoms with Crippen molar-refractivity contribution in [2.45, 2.75) is 26.2 Å². The molecule has 4 nitrogen and oxygen atoms in total. The molecule has 66 heavy (non-hydrogen) atoms. The van der Waals surface area contributed by atoms with Gasteiger partial charge in [-0.25, -0.2) is 15.0 Å². The Balaban J connectivity index is 1.22. The summed E-state index contributed by atoms with van der Waals surface area (Å²) in [6.45, 7) is 6.85. The van der Waals surface area contributed by atoms with Gasteiger partial charge < -0.3 is 4.57 Å². The third kappa shape index (κ3) is 7.24. The van der Waals surface area contributed by atoms with E-state index in [1.54, 1.807) is 0 Å². The Morgan fingerprint density at radius 3 is 1.38 bits per heavy atom. The molecule has 0 spiro atoms. The van der Waals surface area contributed by atoms with Crippen LogP contribution in [-0.4, -0.2) is 27.6 Å². The topological polar surface area (TPSA) is 43.6 Å². The number of aromatic nitrogens is 4. The zero-order chi connectivity index (χ0) is 44.7. The van der Waals surface area contributed by atoms with Crippen LogP contribution >= 0.6 is 0 Å². The van der Waals surface area contributed by atoms with Crippen LogP contribution in [0.4, 0.5) is 0 Å². The lowest BCUT2D eigenvalue weighted by molar-refractivity contribution is 0.591. The molecule has 0 saturated heterocycles. The Bertz CT molecular complexity index is 3340. The predicted molar refractivity (Wildman–Crippen MR) is 278 cm³/mol. The summed E-state index contributed by atoms with van der Waals surface area (Å²) >= 11 is 0. The summed E-state index contributed by atoms with van der Waals surface area (Å²) in [6, 6.07) is 85.7. The van der Waals surface area contributed by atoms with Crippen LogP contribution in [0.25, 0.3) is 72.8 Å². The summed E-state index contributed by atoms with van der Waals surface area (Å²) in [5, 5.41) is 7.72. The molecule has 0 N–H and O–H groups in total. The van der Waals surface area contributed by atoms with Crippen LogP contribution in [0.15, 0.2) is 237 Å². The number of nitrogens with zero attached hydrogens (tertiary/aromatic N) is 4. The molecule has 0 amide bonds. The van der Waals surface area contributed by atoms with Crippen molar-refractivity contribution in [2.75, 3.05) is 0 Å². The SMILES string of the molecule is CC(C)(C)c1ccc2c3ccccc3n(-c3ccc(-c4nc(-c5ccccc5)nc(-c5ccccc5)n4)c(-c4cccc([Si](c5ccccc5)(c5ccccc5)c5ccccc5)c4)c3)c2c1. The summed E-state index contributed by atoms with van der Waals surface area (Å²) in [7, 11) is -2.88. The largest absolute Gasteiger partial charge is 0.309 e. The Kier molecular flexibility index (Phi) is 10.4. The van der Waals surface area contributed by atoms with Crippen LogP contribution in [-0.2, 0) is 5.41 Å². The summed E-state index contributed by atoms with van der Waals surface area (Å²) in [5.41, 5.74) is 9.58. The highest BCUT2D eigenvalue weighted by Gasteiger charge is 2.41. The van der Waals surface area contributed by atoms with Gasteiger partial charge in [-0.15, -0.1) is 0 Å². The second kappa shape index (κ2) is 16.9. The van der Waals surface area contributed by atoms with Crippen molar-refractivity contribution in [3.8, 4) is 51.0 Å². The Labute approximate surface area is 387 Å². The van der Waals surface area contributed by atoms with Crippen molar-refractivity contribution in [3.63, 3.8) is 0 Å². The molecule has 2 heterocycles. The Hall–Kier alpha value is -7.99. The van der Waals surface area contributed by atoms with Crippen LogP contribution in [0.1, 0.15) is 26.3 Å². The van der Waals surface area contributed by atoms with Crippen LogP contribution in [0.3, 0.4) is 0 Å². The molecule has 0 fully saturated rings. The Morgan fingerprint density at radius 2 is 0.818 bits per heavy atom. The monoisotopic (exact) mass is 864 g/mol. The molecule has 0 bridgehead atoms. The average Bonchev–Trinajstić information content (AvgIpc) is 3.71. The molecule has 11 rings (SSSR count). The van der Waals surface area contributed by atoms with Crippen LogP contribution < -0.4 is 20.7 Å². The van der Waals surface area contributed by atoms with Crippen molar-refractivity contribution < 1.29 is 0 Å². The summed E-state index contributed by atoms with van der Waals surface area (Å²) in [5.74, 6) is 1.87. The lowest BCUT2D eigenvalue weighted by Gasteiger charge is -2.34. The fourth-order valence-corrected chi connectivity index (χ4v) is 14.5. The molecule has 11 aromatic rings. The number of hydrogen-bond donors (Lipinski definition) is 0. The molecule has 0 atom stereocenters. The van der Waals surface area contributed by atoms with E-state index in [1.807, 2.05) is 36.4 Å². The van der Waals surface area contributed by atoms with Crippen molar-refractivity contribution >= 4 is 50.6 Å². The first kappa shape index (κ1) is 40.8. The van der Waals surface area contributed by atoms with E-state index in [1.165, 1.54) is 42.6 Å². The lowest BCUT2D eigenvalue weighted by Crippen LogP contribution is -2.74. The fourth-order valence-electron chi connectivity index (χ4n) is 9.73. The van der Waals surface area contributed by atoms with E-state index < -0.39 is 8.07 Å². The van der Waals surface area contributed by atoms with Crippen molar-refractivity contribution in [3.05, 3.63) is 242 Å². The van der Waals surface area contributed by atoms with Gasteiger partial charge in [0.25, 0.3) is 0 Å². The lowest BCUT2D eigenvalue weighted by atomic mass is 9.86. The van der Waals surface area contributed by atoms with Gasteiger partial charge in [-0.3, -0.25) is 0 Å². The number of benzene rings is 9. The molecule has 5 heteroatoms. The van der Waals surface area contributed by atoms with Gasteiger partial charge in [0.15, 0.2) is 25.5 Å². The minimum Gasteiger partial charge on any atom is -0.309 e. The number of rotatable bonds is 9. The highest BCUT2D eigenvalue weighted by atomic mass is 28.3. The maximum Gasteiger partial charge on any atom is 0.179 e. The standard InChI is InChI=1S/C61H48N4Si/c1-61(2,3)46-36-38-53-52-34-19-20-35-56(52)65(57(53)41-46)47-37-39-54(60-63-58(43-22-9-4-10-23-43)62-59(64-60)44-24-11-5-12-25-44)55(42-47)45-26-21-33-51(40-45)66(48-27-13-6-14-28-48,49-29-15-7-16-30-49)50-31-17-8-18-32-50/h4-42H,1-3H3. The van der Waals surface area contributed by atoms with E-state index in [0.717, 1.165) is 39.0 Å². The van der Waals surface area contributed by atoms with Crippen molar-refractivity contribution in [1.82, 2.24) is 19.5 Å². The van der Waals surface area contributed by atoms with Gasteiger partial charge in [0.1, 0.15) is 0 Å². The van der Waals surface area contributed by atoms with Gasteiger partial charge in [0.2, 0.25) is 0 Å². The van der Waals surface area contributed by atoms with E-state index >= 15 is 0 Å². The molecule has 0 aliphatic rings. The van der Waals surface area contributed by atoms with E-state index in [-0.39, 0.29) is 5.41 Å². The molecule has 316 valence electrons. The number of para-hydroxylation sites is 1. The molecule has 0 unspecified atom stereocenters. The van der Waals surface area contributed by atoms with Crippen LogP contribution in [0.5, 0.6) is 0 Å². The van der Waals surface area contributed by atoms with Crippen LogP contribution in [0, 0.1) is 0 Å². The molecular formula is C61H48N4Si. The van der Waals surface area contributed by atoms with Crippen molar-refractivity contribution in [2.24, 2.45) is 0 Å². The number of hydrogen-bond acceptors (Lipinski definition) is 3. The zero-order valence-corrected chi connectivity index (χ0v) is 38.3. The third-order valence-corrected chi connectivity index (χ3v) is 17.7. The molecule has 9 aromatic carbocycles. The van der Waals surface area contributed by atoms with E-state index in [0.29, 0.717) is 17.5 Å². The minimum absolute atomic E-state index is 0.0246. The highest BCUT2D eigenvalue weighted by Crippen LogP contribution is 2.39. The van der Waals surface area contributed by atoms with E-state index in [4.69, 9.17) is 15.0 Å². The normalized spacial score (nSPS) is 11.9. The first-order valence-electron chi connectivity index (χ1n) is 22.7. The fraction of sp³-hybridized carbons (Fsp3) is 0.0656. The summed E-state index contributed by atoms with van der Waals surface area (Å²) in [6.07, 6.45) is 0. The van der Waals surface area contributed by atoms with Gasteiger partial charge in [0.05, 0.1) is 11.0 Å². The van der Waals surface area contributed by atoms with Crippen LogP contribution in [0.2, 0.25) is 0 Å². The first-order chi connectivity index (χ1) is 32.4. The molecule has 0 aliphatic carbocycles. The molecule has 0 radical (unpaired) electrons. The third-order valence-electron chi connectivity index (χ3n) is 13.0. The van der Waals surface area contributed by atoms with Crippen molar-refractivity contribution in [1.29, 1.82) is 0 Å². The summed E-state index contributed by atoms with van der Waals surface area (Å²) in [4.78, 5) is 15.7. The molecular weight excluding hydrogens is 817 g/mol. The minimum atomic E-state index is -2.88. The second-order valence-electron chi connectivity index (χ2n) is 18.0. The van der Waals surface area contributed by atoms with Gasteiger partial charge in [-0.05, 0) is 73.2 Å². The average molecular weight is 865 g/mol. The first-order valence-corrected chi connectivity index (χ1v) is 24.7. The molecule has 2 aromatic heterocycles. The zero-order valence-electron chi connectivity index (χ0n) is 37.3. The maximum atomic E-state index is 5.31. The van der Waals surface area contributed by atoms with Gasteiger partial charge in [0, 0.05) is 33.2 Å². The smallest absolute Gasteiger partial charge is 0.179 e. The Morgan fingerprint density at radius 1 is 0.348 bits per heavy atom. The van der Waals surface area contributed by atoms with Gasteiger partial charge in [-0.1, -0.05) is 227 Å². The maximum absolute atomic E-state index is 5.31. The van der Waals surface area contributed by atoms with Gasteiger partial charge in [-0.2, -0.15) is 0 Å². The summed E-state index contributed by atoms with van der Waals surface area (Å²) < 4.78 is 2.44. The molecule has 0 saturated carbocycles. The van der Waals surface area contributed by atoms with E-state index in [2.05, 4.69) is 226 Å². The number of fused-ring (bicyclic) bond motifs is 3.